The van der Waals surface area contributed by atoms with Crippen LogP contribution in [0.5, 0.6) is 0 Å². The second-order valence-corrected chi connectivity index (χ2v) is 7.96. The summed E-state index contributed by atoms with van der Waals surface area (Å²) < 4.78 is 0. The predicted molar refractivity (Wildman–Crippen MR) is 108 cm³/mol. The lowest BCUT2D eigenvalue weighted by molar-refractivity contribution is 0.946. The van der Waals surface area contributed by atoms with Crippen molar-refractivity contribution in [3.63, 3.8) is 0 Å². The maximum atomic E-state index is 3.60. The molecule has 0 fully saturated rings. The van der Waals surface area contributed by atoms with Crippen molar-refractivity contribution in [1.29, 1.82) is 0 Å². The number of rotatable bonds is 2. The highest BCUT2D eigenvalue weighted by molar-refractivity contribution is 5.50. The van der Waals surface area contributed by atoms with Crippen molar-refractivity contribution in [2.24, 2.45) is 0 Å². The Bertz CT molecular complexity index is 1070. The van der Waals surface area contributed by atoms with E-state index in [4.69, 9.17) is 0 Å². The van der Waals surface area contributed by atoms with E-state index in [0.29, 0.717) is 0 Å². The molecule has 0 aliphatic heterocycles. The summed E-state index contributed by atoms with van der Waals surface area (Å²) in [6.45, 7) is 0. The Labute approximate surface area is 159 Å². The molecule has 0 amide bonds. The van der Waals surface area contributed by atoms with Gasteiger partial charge in [0.15, 0.2) is 0 Å². The average Bonchev–Trinajstić information content (AvgIpc) is 3.28. The maximum absolute atomic E-state index is 3.60. The number of fused-ring (bicyclic) bond motifs is 4. The molecule has 0 spiro atoms. The number of hydrogen-bond acceptors (Lipinski definition) is 0. The molecule has 2 aromatic heterocycles. The van der Waals surface area contributed by atoms with Crippen LogP contribution in [0.1, 0.15) is 55.9 Å². The number of H-pyrrole nitrogens is 2. The molecule has 6 rings (SSSR count). The Morgan fingerprint density at radius 1 is 0.519 bits per heavy atom. The van der Waals surface area contributed by atoms with Crippen LogP contribution < -0.4 is 0 Å². The molecule has 2 aliphatic carbocycles. The first-order chi connectivity index (χ1) is 13.3. The Hall–Kier alpha value is -3.00. The van der Waals surface area contributed by atoms with Crippen LogP contribution in [0.3, 0.4) is 0 Å². The van der Waals surface area contributed by atoms with Crippen LogP contribution >= 0.6 is 0 Å². The quantitative estimate of drug-likeness (QED) is 0.444. The molecule has 2 aliphatic rings. The summed E-state index contributed by atoms with van der Waals surface area (Å²) >= 11 is 0. The lowest BCUT2D eigenvalue weighted by Gasteiger charge is -2.19. The van der Waals surface area contributed by atoms with Gasteiger partial charge in [-0.3, -0.25) is 0 Å². The molecule has 27 heavy (non-hydrogen) atoms. The molecular formula is C25H22N2. The summed E-state index contributed by atoms with van der Waals surface area (Å²) in [6.07, 6.45) is 9.63. The van der Waals surface area contributed by atoms with E-state index >= 15 is 0 Å². The lowest BCUT2D eigenvalue weighted by Crippen LogP contribution is -2.09. The molecule has 0 saturated heterocycles. The zero-order chi connectivity index (χ0) is 17.8. The van der Waals surface area contributed by atoms with Crippen LogP contribution in [0.4, 0.5) is 0 Å². The third-order valence-corrected chi connectivity index (χ3v) is 6.43. The van der Waals surface area contributed by atoms with Crippen molar-refractivity contribution in [3.8, 4) is 0 Å². The van der Waals surface area contributed by atoms with E-state index < -0.39 is 0 Å². The summed E-state index contributed by atoms with van der Waals surface area (Å²) in [5.74, 6) is 0. The number of aromatic amines is 2. The second kappa shape index (κ2) is 5.75. The van der Waals surface area contributed by atoms with Gasteiger partial charge in [-0.05, 0) is 70.2 Å². The van der Waals surface area contributed by atoms with Gasteiger partial charge in [0.2, 0.25) is 0 Å². The van der Waals surface area contributed by atoms with E-state index in [1.54, 1.807) is 0 Å². The first-order valence-corrected chi connectivity index (χ1v) is 9.84. The minimum Gasteiger partial charge on any atom is -0.364 e. The van der Waals surface area contributed by atoms with Crippen LogP contribution in [0, 0.1) is 0 Å². The average molecular weight is 350 g/mol. The summed E-state index contributed by atoms with van der Waals surface area (Å²) in [7, 11) is 0. The minimum absolute atomic E-state index is 0.967. The van der Waals surface area contributed by atoms with E-state index in [2.05, 4.69) is 70.9 Å². The molecular weight excluding hydrogens is 328 g/mol. The highest BCUT2D eigenvalue weighted by Gasteiger charge is 2.23. The van der Waals surface area contributed by atoms with Gasteiger partial charge in [0.25, 0.3) is 0 Å². The van der Waals surface area contributed by atoms with Crippen molar-refractivity contribution in [1.82, 2.24) is 9.97 Å². The molecule has 2 N–H and O–H groups in total. The molecule has 132 valence electrons. The molecule has 2 aromatic carbocycles. The van der Waals surface area contributed by atoms with E-state index in [0.717, 1.165) is 32.1 Å². The van der Waals surface area contributed by atoms with E-state index in [9.17, 15) is 0 Å². The summed E-state index contributed by atoms with van der Waals surface area (Å²) in [5, 5.41) is 0. The van der Waals surface area contributed by atoms with E-state index in [1.165, 1.54) is 55.9 Å². The van der Waals surface area contributed by atoms with Crippen LogP contribution in [0.25, 0.3) is 0 Å². The smallest absolute Gasteiger partial charge is 0.0284 e. The van der Waals surface area contributed by atoms with Gasteiger partial charge < -0.3 is 9.97 Å². The van der Waals surface area contributed by atoms with Crippen molar-refractivity contribution < 1.29 is 0 Å². The Morgan fingerprint density at radius 2 is 0.926 bits per heavy atom. The van der Waals surface area contributed by atoms with Gasteiger partial charge in [0.1, 0.15) is 0 Å². The van der Waals surface area contributed by atoms with Crippen LogP contribution in [-0.2, 0) is 32.1 Å². The zero-order valence-corrected chi connectivity index (χ0v) is 15.3. The van der Waals surface area contributed by atoms with Gasteiger partial charge in [0.05, 0.1) is 0 Å². The molecule has 0 radical (unpaired) electrons. The number of hydrogen-bond donors (Lipinski definition) is 2. The minimum atomic E-state index is 0.967. The molecule has 0 saturated carbocycles. The third kappa shape index (κ3) is 2.40. The van der Waals surface area contributed by atoms with Crippen molar-refractivity contribution in [3.05, 3.63) is 117 Å². The van der Waals surface area contributed by atoms with Crippen LogP contribution in [-0.4, -0.2) is 9.97 Å². The molecule has 2 nitrogen and oxygen atoms in total. The van der Waals surface area contributed by atoms with Crippen molar-refractivity contribution in [2.45, 2.75) is 32.1 Å². The van der Waals surface area contributed by atoms with E-state index in [-0.39, 0.29) is 0 Å². The molecule has 2 heterocycles. The number of benzene rings is 2. The van der Waals surface area contributed by atoms with Gasteiger partial charge in [-0.15, -0.1) is 0 Å². The second-order valence-electron chi connectivity index (χ2n) is 7.96. The Kier molecular flexibility index (Phi) is 3.21. The Balaban J connectivity index is 1.33. The molecule has 0 unspecified atom stereocenters. The molecule has 0 atom stereocenters. The van der Waals surface area contributed by atoms with Crippen molar-refractivity contribution in [2.75, 3.05) is 0 Å². The normalized spacial score (nSPS) is 14.2. The molecule has 0 bridgehead atoms. The van der Waals surface area contributed by atoms with Crippen molar-refractivity contribution >= 4 is 0 Å². The predicted octanol–water partition coefficient (Wildman–Crippen LogP) is 4.92. The van der Waals surface area contributed by atoms with Crippen LogP contribution in [0.2, 0.25) is 0 Å². The van der Waals surface area contributed by atoms with Crippen LogP contribution in [0.15, 0.2) is 60.9 Å². The van der Waals surface area contributed by atoms with Gasteiger partial charge >= 0.3 is 0 Å². The summed E-state index contributed by atoms with van der Waals surface area (Å²) in [4.78, 5) is 7.19. The largest absolute Gasteiger partial charge is 0.364 e. The lowest BCUT2D eigenvalue weighted by atomic mass is 9.85. The Morgan fingerprint density at radius 3 is 1.37 bits per heavy atom. The first-order valence-electron chi connectivity index (χ1n) is 9.84. The van der Waals surface area contributed by atoms with Gasteiger partial charge in [-0.1, -0.05) is 48.5 Å². The molecule has 4 aromatic rings. The van der Waals surface area contributed by atoms with Gasteiger partial charge in [-0.25, -0.2) is 0 Å². The molecule has 2 heteroatoms. The standard InChI is InChI=1S/C25H22N2/c1-3-7-18-11-22-20(9-16(18)5-1)14-26-24(22)13-25-23-12-19-8-4-2-6-17(19)10-21(23)15-27-25/h1-8,14-15,26-27H,9-13H2. The highest BCUT2D eigenvalue weighted by Crippen LogP contribution is 2.33. The first kappa shape index (κ1) is 15.1. The maximum Gasteiger partial charge on any atom is 0.0284 e. The monoisotopic (exact) mass is 350 g/mol. The highest BCUT2D eigenvalue weighted by atomic mass is 14.7. The summed E-state index contributed by atoms with van der Waals surface area (Å²) in [5.41, 5.74) is 14.6. The van der Waals surface area contributed by atoms with Gasteiger partial charge in [-0.2, -0.15) is 0 Å². The summed E-state index contributed by atoms with van der Waals surface area (Å²) in [6, 6.07) is 17.7. The number of aromatic nitrogens is 2. The third-order valence-electron chi connectivity index (χ3n) is 6.43. The topological polar surface area (TPSA) is 31.6 Å². The number of nitrogens with one attached hydrogen (secondary N) is 2. The SMILES string of the molecule is c1ccc2c(c1)Cc1c[nH]c(Cc3[nH]cc4c3Cc3ccccc3C4)c1C2. The van der Waals surface area contributed by atoms with E-state index in [1.807, 2.05) is 0 Å². The zero-order valence-electron chi connectivity index (χ0n) is 15.3. The fourth-order valence-electron chi connectivity index (χ4n) is 4.93. The fourth-order valence-corrected chi connectivity index (χ4v) is 4.93. The fraction of sp³-hybridized carbons (Fsp3) is 0.200. The van der Waals surface area contributed by atoms with Gasteiger partial charge in [0, 0.05) is 30.2 Å².